The molecule has 0 amide bonds. The van der Waals surface area contributed by atoms with E-state index in [9.17, 15) is 49.0 Å². The Labute approximate surface area is 128 Å². The Balaban J connectivity index is 3.24. The zero-order chi connectivity index (χ0) is 19.2. The van der Waals surface area contributed by atoms with E-state index in [1.165, 1.54) is 0 Å². The summed E-state index contributed by atoms with van der Waals surface area (Å²) in [6.07, 6.45) is -9.44. The van der Waals surface area contributed by atoms with E-state index in [-0.39, 0.29) is 0 Å². The summed E-state index contributed by atoms with van der Waals surface area (Å²) in [6.45, 7) is 0.456. The Kier molecular flexibility index (Phi) is 4.94. The van der Waals surface area contributed by atoms with Gasteiger partial charge in [-0.1, -0.05) is 12.1 Å². The highest BCUT2D eigenvalue weighted by Gasteiger charge is 2.81. The van der Waals surface area contributed by atoms with Crippen LogP contribution in [0, 0.1) is 5.82 Å². The van der Waals surface area contributed by atoms with E-state index in [4.69, 9.17) is 0 Å². The fourth-order valence-corrected chi connectivity index (χ4v) is 1.88. The molecule has 1 aromatic rings. The standard InChI is InChI=1S/C13H10F10O/c1-9(24,7-3-2-4-8(14)5-7)6-10(15,16)11(17,18)12(19,20)13(21,22)23/h2-5,24H,6H2,1H3. The van der Waals surface area contributed by atoms with Gasteiger partial charge in [0.25, 0.3) is 0 Å². The molecular formula is C13H10F10O. The summed E-state index contributed by atoms with van der Waals surface area (Å²) in [5.74, 6) is -20.9. The molecule has 1 nitrogen and oxygen atoms in total. The van der Waals surface area contributed by atoms with Crippen LogP contribution in [0.5, 0.6) is 0 Å². The first-order valence-corrected chi connectivity index (χ1v) is 6.14. The van der Waals surface area contributed by atoms with Crippen LogP contribution in [0.25, 0.3) is 0 Å². The van der Waals surface area contributed by atoms with E-state index in [2.05, 4.69) is 0 Å². The van der Waals surface area contributed by atoms with E-state index in [0.29, 0.717) is 13.0 Å². The van der Waals surface area contributed by atoms with Gasteiger partial charge in [-0.25, -0.2) is 4.39 Å². The Morgan fingerprint density at radius 3 is 1.79 bits per heavy atom. The smallest absolute Gasteiger partial charge is 0.385 e. The van der Waals surface area contributed by atoms with E-state index in [1.54, 1.807) is 0 Å². The molecule has 1 unspecified atom stereocenters. The lowest BCUT2D eigenvalue weighted by Crippen LogP contribution is -2.62. The molecule has 0 aliphatic carbocycles. The minimum atomic E-state index is -7.04. The van der Waals surface area contributed by atoms with Crippen LogP contribution in [0.2, 0.25) is 0 Å². The quantitative estimate of drug-likeness (QED) is 0.730. The molecule has 0 aliphatic heterocycles. The normalized spacial score (nSPS) is 16.8. The maximum atomic E-state index is 13.5. The van der Waals surface area contributed by atoms with Crippen LogP contribution >= 0.6 is 0 Å². The molecule has 0 radical (unpaired) electrons. The number of aliphatic hydroxyl groups is 1. The third kappa shape index (κ3) is 3.45. The lowest BCUT2D eigenvalue weighted by atomic mass is 9.86. The van der Waals surface area contributed by atoms with Crippen LogP contribution in [0.3, 0.4) is 0 Å². The highest BCUT2D eigenvalue weighted by atomic mass is 19.4. The minimum Gasteiger partial charge on any atom is -0.385 e. The third-order valence-corrected chi connectivity index (χ3v) is 3.22. The van der Waals surface area contributed by atoms with Gasteiger partial charge in [0.15, 0.2) is 0 Å². The molecule has 0 spiro atoms. The van der Waals surface area contributed by atoms with E-state index in [0.717, 1.165) is 18.2 Å². The number of benzene rings is 1. The molecule has 1 N–H and O–H groups in total. The zero-order valence-electron chi connectivity index (χ0n) is 11.7. The maximum Gasteiger partial charge on any atom is 0.460 e. The summed E-state index contributed by atoms with van der Waals surface area (Å²) in [4.78, 5) is 0. The number of hydrogen-bond acceptors (Lipinski definition) is 1. The van der Waals surface area contributed by atoms with Crippen molar-refractivity contribution in [2.45, 2.75) is 42.9 Å². The minimum absolute atomic E-state index is 0.454. The number of hydrogen-bond donors (Lipinski definition) is 1. The van der Waals surface area contributed by atoms with Gasteiger partial charge in [-0.3, -0.25) is 0 Å². The van der Waals surface area contributed by atoms with Crippen LogP contribution in [0.1, 0.15) is 18.9 Å². The van der Waals surface area contributed by atoms with Gasteiger partial charge in [-0.15, -0.1) is 0 Å². The monoisotopic (exact) mass is 372 g/mol. The fourth-order valence-electron chi connectivity index (χ4n) is 1.88. The molecule has 0 heterocycles. The first kappa shape index (κ1) is 20.5. The molecule has 1 atom stereocenters. The highest BCUT2D eigenvalue weighted by Crippen LogP contribution is 2.55. The highest BCUT2D eigenvalue weighted by molar-refractivity contribution is 5.23. The molecular weight excluding hydrogens is 362 g/mol. The van der Waals surface area contributed by atoms with Crippen molar-refractivity contribution in [2.24, 2.45) is 0 Å². The summed E-state index contributed by atoms with van der Waals surface area (Å²) in [5.41, 5.74) is -3.70. The average Bonchev–Trinajstić information content (AvgIpc) is 2.35. The molecule has 1 rings (SSSR count). The first-order chi connectivity index (χ1) is 10.5. The average molecular weight is 372 g/mol. The zero-order valence-corrected chi connectivity index (χ0v) is 11.7. The lowest BCUT2D eigenvalue weighted by Gasteiger charge is -2.37. The number of rotatable bonds is 5. The van der Waals surface area contributed by atoms with Crippen molar-refractivity contribution >= 4 is 0 Å². The molecule has 11 heteroatoms. The Morgan fingerprint density at radius 2 is 1.38 bits per heavy atom. The van der Waals surface area contributed by atoms with Crippen LogP contribution in [-0.2, 0) is 5.60 Å². The van der Waals surface area contributed by atoms with Crippen LogP contribution in [0.15, 0.2) is 24.3 Å². The molecule has 138 valence electrons. The SMILES string of the molecule is CC(O)(CC(F)(F)C(F)(F)C(F)(F)C(F)(F)F)c1cccc(F)c1. The third-order valence-electron chi connectivity index (χ3n) is 3.22. The second kappa shape index (κ2) is 5.78. The second-order valence-corrected chi connectivity index (χ2v) is 5.31. The molecule has 0 saturated carbocycles. The topological polar surface area (TPSA) is 20.2 Å². The molecule has 0 fully saturated rings. The summed E-state index contributed by atoms with van der Waals surface area (Å²) in [7, 11) is 0. The molecule has 0 saturated heterocycles. The van der Waals surface area contributed by atoms with Crippen molar-refractivity contribution in [3.63, 3.8) is 0 Å². The molecule has 0 aromatic heterocycles. The van der Waals surface area contributed by atoms with E-state index >= 15 is 0 Å². The summed E-state index contributed by atoms with van der Waals surface area (Å²) < 4.78 is 128. The van der Waals surface area contributed by atoms with Gasteiger partial charge in [-0.05, 0) is 24.6 Å². The number of halogens is 10. The molecule has 0 bridgehead atoms. The molecule has 1 aromatic carbocycles. The van der Waals surface area contributed by atoms with E-state index in [1.807, 2.05) is 0 Å². The van der Waals surface area contributed by atoms with Gasteiger partial charge in [-0.2, -0.15) is 39.5 Å². The second-order valence-electron chi connectivity index (χ2n) is 5.31. The summed E-state index contributed by atoms with van der Waals surface area (Å²) in [5, 5.41) is 9.77. The first-order valence-electron chi connectivity index (χ1n) is 6.14. The molecule has 0 aliphatic rings. The lowest BCUT2D eigenvalue weighted by molar-refractivity contribution is -0.400. The maximum absolute atomic E-state index is 13.5. The van der Waals surface area contributed by atoms with Crippen molar-refractivity contribution in [1.29, 1.82) is 0 Å². The van der Waals surface area contributed by atoms with Crippen molar-refractivity contribution in [3.05, 3.63) is 35.6 Å². The van der Waals surface area contributed by atoms with Crippen LogP contribution in [-0.4, -0.2) is 29.1 Å². The van der Waals surface area contributed by atoms with Gasteiger partial charge in [0.05, 0.1) is 12.0 Å². The van der Waals surface area contributed by atoms with Gasteiger partial charge >= 0.3 is 23.9 Å². The van der Waals surface area contributed by atoms with Crippen molar-refractivity contribution in [2.75, 3.05) is 0 Å². The predicted octanol–water partition coefficient (Wildman–Crippen LogP) is 4.89. The van der Waals surface area contributed by atoms with Gasteiger partial charge < -0.3 is 5.11 Å². The van der Waals surface area contributed by atoms with Crippen LogP contribution in [0.4, 0.5) is 43.9 Å². The van der Waals surface area contributed by atoms with Crippen molar-refractivity contribution in [3.8, 4) is 0 Å². The summed E-state index contributed by atoms with van der Waals surface area (Å²) >= 11 is 0. The van der Waals surface area contributed by atoms with Gasteiger partial charge in [0.1, 0.15) is 5.82 Å². The van der Waals surface area contributed by atoms with Crippen LogP contribution < -0.4 is 0 Å². The number of alkyl halides is 9. The van der Waals surface area contributed by atoms with Gasteiger partial charge in [0.2, 0.25) is 0 Å². The Bertz CT molecular complexity index is 591. The predicted molar refractivity (Wildman–Crippen MR) is 61.5 cm³/mol. The largest absolute Gasteiger partial charge is 0.460 e. The fraction of sp³-hybridized carbons (Fsp3) is 0.538. The van der Waals surface area contributed by atoms with Crippen molar-refractivity contribution < 1.29 is 49.0 Å². The van der Waals surface area contributed by atoms with Crippen molar-refractivity contribution in [1.82, 2.24) is 0 Å². The van der Waals surface area contributed by atoms with E-state index < -0.39 is 47.3 Å². The molecule has 24 heavy (non-hydrogen) atoms. The summed E-state index contributed by atoms with van der Waals surface area (Å²) in [6, 6.07) is 2.99. The Morgan fingerprint density at radius 1 is 0.875 bits per heavy atom. The van der Waals surface area contributed by atoms with Gasteiger partial charge in [0, 0.05) is 0 Å². The Hall–Kier alpha value is -1.52.